The van der Waals surface area contributed by atoms with Gasteiger partial charge in [0.2, 0.25) is 0 Å². The van der Waals surface area contributed by atoms with Crippen molar-refractivity contribution in [1.82, 2.24) is 19.9 Å². The standard InChI is InChI=1S/C11H16N4S/c1-4-15-7-13-5-9(15)11-14-6-10(16-11)8(2)12-3/h5-8,12H,4H2,1-3H3. The average molecular weight is 236 g/mol. The molecule has 0 amide bonds. The topological polar surface area (TPSA) is 42.7 Å². The number of aryl methyl sites for hydroxylation is 1. The van der Waals surface area contributed by atoms with Crippen LogP contribution in [0, 0.1) is 0 Å². The minimum atomic E-state index is 0.351. The Bertz CT molecular complexity index is 460. The molecule has 0 radical (unpaired) electrons. The minimum Gasteiger partial charge on any atom is -0.329 e. The molecule has 86 valence electrons. The Morgan fingerprint density at radius 3 is 3.00 bits per heavy atom. The molecule has 0 saturated heterocycles. The van der Waals surface area contributed by atoms with Gasteiger partial charge in [-0.1, -0.05) is 0 Å². The van der Waals surface area contributed by atoms with Crippen LogP contribution in [0.15, 0.2) is 18.7 Å². The van der Waals surface area contributed by atoms with Crippen molar-refractivity contribution in [1.29, 1.82) is 0 Å². The van der Waals surface area contributed by atoms with Crippen LogP contribution >= 0.6 is 11.3 Å². The Kier molecular flexibility index (Phi) is 3.36. The molecule has 2 aromatic heterocycles. The fourth-order valence-corrected chi connectivity index (χ4v) is 2.50. The van der Waals surface area contributed by atoms with Crippen LogP contribution in [0.3, 0.4) is 0 Å². The van der Waals surface area contributed by atoms with Gasteiger partial charge in [0.05, 0.1) is 18.2 Å². The van der Waals surface area contributed by atoms with Crippen molar-refractivity contribution in [2.75, 3.05) is 7.05 Å². The molecule has 0 bridgehead atoms. The second-order valence-electron chi connectivity index (χ2n) is 3.64. The van der Waals surface area contributed by atoms with Crippen LogP contribution in [0.5, 0.6) is 0 Å². The average Bonchev–Trinajstić information content (AvgIpc) is 2.95. The molecule has 0 saturated carbocycles. The maximum atomic E-state index is 4.45. The molecule has 1 unspecified atom stereocenters. The van der Waals surface area contributed by atoms with E-state index < -0.39 is 0 Å². The molecule has 2 heterocycles. The summed E-state index contributed by atoms with van der Waals surface area (Å²) in [5.41, 5.74) is 1.10. The molecule has 1 N–H and O–H groups in total. The number of thiazole rings is 1. The fraction of sp³-hybridized carbons (Fsp3) is 0.455. The van der Waals surface area contributed by atoms with Crippen molar-refractivity contribution < 1.29 is 0 Å². The van der Waals surface area contributed by atoms with Crippen LogP contribution < -0.4 is 5.32 Å². The fourth-order valence-electron chi connectivity index (χ4n) is 1.50. The second kappa shape index (κ2) is 4.76. The van der Waals surface area contributed by atoms with Crippen molar-refractivity contribution in [3.8, 4) is 10.7 Å². The Hall–Kier alpha value is -1.20. The minimum absolute atomic E-state index is 0.351. The van der Waals surface area contributed by atoms with E-state index in [-0.39, 0.29) is 0 Å². The first-order valence-corrected chi connectivity index (χ1v) is 6.21. The Labute approximate surface area is 99.4 Å². The molecule has 5 heteroatoms. The first-order valence-electron chi connectivity index (χ1n) is 5.39. The van der Waals surface area contributed by atoms with Gasteiger partial charge in [-0.25, -0.2) is 9.97 Å². The number of aromatic nitrogens is 3. The van der Waals surface area contributed by atoms with Crippen LogP contribution in [0.25, 0.3) is 10.7 Å². The first kappa shape index (κ1) is 11.3. The summed E-state index contributed by atoms with van der Waals surface area (Å²) >= 11 is 1.72. The van der Waals surface area contributed by atoms with Gasteiger partial charge in [0.15, 0.2) is 0 Å². The first-order chi connectivity index (χ1) is 7.76. The Morgan fingerprint density at radius 1 is 1.50 bits per heavy atom. The number of rotatable bonds is 4. The van der Waals surface area contributed by atoms with Gasteiger partial charge < -0.3 is 9.88 Å². The zero-order chi connectivity index (χ0) is 11.5. The molecule has 0 aliphatic rings. The highest BCUT2D eigenvalue weighted by molar-refractivity contribution is 7.15. The molecule has 1 atom stereocenters. The van der Waals surface area contributed by atoms with Gasteiger partial charge in [-0.05, 0) is 20.9 Å². The highest BCUT2D eigenvalue weighted by Gasteiger charge is 2.11. The summed E-state index contributed by atoms with van der Waals surface area (Å²) in [5.74, 6) is 0. The third-order valence-electron chi connectivity index (χ3n) is 2.66. The van der Waals surface area contributed by atoms with Crippen LogP contribution in [-0.2, 0) is 6.54 Å². The van der Waals surface area contributed by atoms with Crippen molar-refractivity contribution in [3.05, 3.63) is 23.6 Å². The number of nitrogens with one attached hydrogen (secondary N) is 1. The lowest BCUT2D eigenvalue weighted by atomic mass is 10.3. The largest absolute Gasteiger partial charge is 0.329 e. The molecule has 0 aliphatic heterocycles. The molecule has 0 aliphatic carbocycles. The zero-order valence-corrected chi connectivity index (χ0v) is 10.6. The predicted molar refractivity (Wildman–Crippen MR) is 66.5 cm³/mol. The van der Waals surface area contributed by atoms with Gasteiger partial charge >= 0.3 is 0 Å². The van der Waals surface area contributed by atoms with Crippen LogP contribution in [0.1, 0.15) is 24.8 Å². The number of hydrogen-bond donors (Lipinski definition) is 1. The lowest BCUT2D eigenvalue weighted by Crippen LogP contribution is -2.10. The maximum Gasteiger partial charge on any atom is 0.141 e. The molecule has 0 spiro atoms. The maximum absolute atomic E-state index is 4.45. The molecule has 2 aromatic rings. The number of imidazole rings is 1. The summed E-state index contributed by atoms with van der Waals surface area (Å²) in [4.78, 5) is 9.86. The van der Waals surface area contributed by atoms with Gasteiger partial charge in [0.1, 0.15) is 5.01 Å². The van der Waals surface area contributed by atoms with E-state index in [0.29, 0.717) is 6.04 Å². The lowest BCUT2D eigenvalue weighted by Gasteiger charge is -2.05. The van der Waals surface area contributed by atoms with E-state index in [4.69, 9.17) is 0 Å². The summed E-state index contributed by atoms with van der Waals surface area (Å²) in [7, 11) is 1.96. The van der Waals surface area contributed by atoms with Gasteiger partial charge in [0.25, 0.3) is 0 Å². The monoisotopic (exact) mass is 236 g/mol. The van der Waals surface area contributed by atoms with E-state index in [1.54, 1.807) is 11.3 Å². The van der Waals surface area contributed by atoms with E-state index in [1.165, 1.54) is 4.88 Å². The molecule has 16 heavy (non-hydrogen) atoms. The van der Waals surface area contributed by atoms with E-state index in [9.17, 15) is 0 Å². The van der Waals surface area contributed by atoms with Crippen LogP contribution in [-0.4, -0.2) is 21.6 Å². The summed E-state index contributed by atoms with van der Waals surface area (Å²) in [6.45, 7) is 5.16. The van der Waals surface area contributed by atoms with Crippen molar-refractivity contribution in [2.45, 2.75) is 26.4 Å². The van der Waals surface area contributed by atoms with Gasteiger partial charge in [-0.3, -0.25) is 0 Å². The van der Waals surface area contributed by atoms with Gasteiger partial charge in [-0.15, -0.1) is 11.3 Å². The normalized spacial score (nSPS) is 12.9. The molecular formula is C11H16N4S. The predicted octanol–water partition coefficient (Wildman–Crippen LogP) is 2.31. The lowest BCUT2D eigenvalue weighted by molar-refractivity contribution is 0.662. The van der Waals surface area contributed by atoms with E-state index in [1.807, 2.05) is 25.8 Å². The second-order valence-corrected chi connectivity index (χ2v) is 4.71. The van der Waals surface area contributed by atoms with Crippen LogP contribution in [0.2, 0.25) is 0 Å². The van der Waals surface area contributed by atoms with E-state index in [2.05, 4.69) is 33.7 Å². The van der Waals surface area contributed by atoms with Crippen molar-refractivity contribution >= 4 is 11.3 Å². The quantitative estimate of drug-likeness (QED) is 0.885. The van der Waals surface area contributed by atoms with E-state index in [0.717, 1.165) is 17.2 Å². The highest BCUT2D eigenvalue weighted by Crippen LogP contribution is 2.28. The Balaban J connectivity index is 2.31. The van der Waals surface area contributed by atoms with E-state index >= 15 is 0 Å². The number of nitrogens with zero attached hydrogens (tertiary/aromatic N) is 3. The van der Waals surface area contributed by atoms with Gasteiger partial charge in [0, 0.05) is 23.7 Å². The Morgan fingerprint density at radius 2 is 2.31 bits per heavy atom. The molecule has 2 rings (SSSR count). The summed E-state index contributed by atoms with van der Waals surface area (Å²) in [6.07, 6.45) is 5.65. The smallest absolute Gasteiger partial charge is 0.141 e. The summed E-state index contributed by atoms with van der Waals surface area (Å²) in [5, 5.41) is 4.25. The van der Waals surface area contributed by atoms with Gasteiger partial charge in [-0.2, -0.15) is 0 Å². The summed E-state index contributed by atoms with van der Waals surface area (Å²) < 4.78 is 2.10. The van der Waals surface area contributed by atoms with Crippen LogP contribution in [0.4, 0.5) is 0 Å². The molecule has 0 fully saturated rings. The highest BCUT2D eigenvalue weighted by atomic mass is 32.1. The third-order valence-corrected chi connectivity index (χ3v) is 3.86. The zero-order valence-electron chi connectivity index (χ0n) is 9.77. The molecule has 0 aromatic carbocycles. The number of hydrogen-bond acceptors (Lipinski definition) is 4. The van der Waals surface area contributed by atoms with Crippen molar-refractivity contribution in [2.24, 2.45) is 0 Å². The molecule has 4 nitrogen and oxygen atoms in total. The summed E-state index contributed by atoms with van der Waals surface area (Å²) in [6, 6.07) is 0.351. The SMILES string of the molecule is CCn1cncc1-c1ncc(C(C)NC)s1. The molecular weight excluding hydrogens is 220 g/mol. The third kappa shape index (κ3) is 2.01. The van der Waals surface area contributed by atoms with Crippen molar-refractivity contribution in [3.63, 3.8) is 0 Å².